The molecule has 0 unspecified atom stereocenters. The molecule has 1 aliphatic heterocycles. The first-order chi connectivity index (χ1) is 8.08. The lowest BCUT2D eigenvalue weighted by atomic mass is 9.88. The van der Waals surface area contributed by atoms with Crippen LogP contribution in [-0.2, 0) is 0 Å². The van der Waals surface area contributed by atoms with Crippen LogP contribution in [0.25, 0.3) is 0 Å². The van der Waals surface area contributed by atoms with E-state index in [9.17, 15) is 0 Å². The molecule has 0 spiro atoms. The van der Waals surface area contributed by atoms with E-state index >= 15 is 0 Å². The van der Waals surface area contributed by atoms with Crippen LogP contribution in [0.3, 0.4) is 0 Å². The molecule has 0 N–H and O–H groups in total. The quantitative estimate of drug-likeness (QED) is 0.759. The van der Waals surface area contributed by atoms with E-state index in [-0.39, 0.29) is 0 Å². The van der Waals surface area contributed by atoms with Gasteiger partial charge in [-0.15, -0.1) is 0 Å². The van der Waals surface area contributed by atoms with Crippen molar-refractivity contribution in [2.24, 2.45) is 0 Å². The predicted octanol–water partition coefficient (Wildman–Crippen LogP) is 4.27. The maximum atomic E-state index is 6.43. The van der Waals surface area contributed by atoms with Crippen molar-refractivity contribution in [1.29, 1.82) is 0 Å². The molecule has 1 aromatic rings. The smallest absolute Gasteiger partial charge is 0.0443 e. The van der Waals surface area contributed by atoms with E-state index in [1.54, 1.807) is 0 Å². The van der Waals surface area contributed by atoms with Crippen LogP contribution in [0.1, 0.15) is 49.7 Å². The SMILES string of the molecule is CC(C)c1ccc(C2CCN(C)CC2)c(Cl)c1. The molecular weight excluding hydrogens is 230 g/mol. The molecule has 2 heteroatoms. The maximum Gasteiger partial charge on any atom is 0.0443 e. The lowest BCUT2D eigenvalue weighted by molar-refractivity contribution is 0.255. The van der Waals surface area contributed by atoms with Crippen molar-refractivity contribution in [3.8, 4) is 0 Å². The molecule has 2 rings (SSSR count). The fourth-order valence-electron chi connectivity index (χ4n) is 2.55. The number of nitrogens with zero attached hydrogens (tertiary/aromatic N) is 1. The zero-order valence-electron chi connectivity index (χ0n) is 11.0. The Hall–Kier alpha value is -0.530. The van der Waals surface area contributed by atoms with Gasteiger partial charge in [0.25, 0.3) is 0 Å². The van der Waals surface area contributed by atoms with Gasteiger partial charge in [-0.3, -0.25) is 0 Å². The summed E-state index contributed by atoms with van der Waals surface area (Å²) in [7, 11) is 2.19. The maximum absolute atomic E-state index is 6.43. The van der Waals surface area contributed by atoms with E-state index in [0.29, 0.717) is 11.8 Å². The minimum atomic E-state index is 0.555. The highest BCUT2D eigenvalue weighted by Gasteiger charge is 2.20. The Labute approximate surface area is 110 Å². The van der Waals surface area contributed by atoms with Crippen LogP contribution in [0.5, 0.6) is 0 Å². The molecule has 0 aliphatic carbocycles. The fraction of sp³-hybridized carbons (Fsp3) is 0.600. The van der Waals surface area contributed by atoms with Crippen LogP contribution in [0, 0.1) is 0 Å². The summed E-state index contributed by atoms with van der Waals surface area (Å²) in [6, 6.07) is 6.64. The summed E-state index contributed by atoms with van der Waals surface area (Å²) in [5.41, 5.74) is 2.69. The van der Waals surface area contributed by atoms with Gasteiger partial charge in [-0.1, -0.05) is 37.6 Å². The van der Waals surface area contributed by atoms with Gasteiger partial charge in [0.1, 0.15) is 0 Å². The van der Waals surface area contributed by atoms with Gasteiger partial charge >= 0.3 is 0 Å². The fourth-order valence-corrected chi connectivity index (χ4v) is 2.90. The molecule has 1 nitrogen and oxygen atoms in total. The zero-order chi connectivity index (χ0) is 12.4. The van der Waals surface area contributed by atoms with Crippen molar-refractivity contribution >= 4 is 11.6 Å². The van der Waals surface area contributed by atoms with E-state index in [1.165, 1.54) is 37.1 Å². The van der Waals surface area contributed by atoms with Gasteiger partial charge in [-0.05, 0) is 62.0 Å². The molecule has 94 valence electrons. The van der Waals surface area contributed by atoms with Gasteiger partial charge in [0.15, 0.2) is 0 Å². The molecular formula is C15H22ClN. The zero-order valence-corrected chi connectivity index (χ0v) is 11.8. The number of hydrogen-bond acceptors (Lipinski definition) is 1. The molecule has 1 aromatic carbocycles. The Kier molecular flexibility index (Phi) is 4.11. The highest BCUT2D eigenvalue weighted by atomic mass is 35.5. The van der Waals surface area contributed by atoms with Gasteiger partial charge in [-0.25, -0.2) is 0 Å². The Balaban J connectivity index is 2.16. The second kappa shape index (κ2) is 5.41. The lowest BCUT2D eigenvalue weighted by Crippen LogP contribution is -2.29. The standard InChI is InChI=1S/C15H22ClN/c1-11(2)13-4-5-14(15(16)10-13)12-6-8-17(3)9-7-12/h4-5,10-12H,6-9H2,1-3H3. The number of likely N-dealkylation sites (tertiary alicyclic amines) is 1. The lowest BCUT2D eigenvalue weighted by Gasteiger charge is -2.29. The summed E-state index contributed by atoms with van der Waals surface area (Å²) in [4.78, 5) is 2.40. The third-order valence-electron chi connectivity index (χ3n) is 3.85. The highest BCUT2D eigenvalue weighted by Crippen LogP contribution is 2.34. The Morgan fingerprint density at radius 1 is 1.24 bits per heavy atom. The van der Waals surface area contributed by atoms with Gasteiger partial charge in [-0.2, -0.15) is 0 Å². The molecule has 1 fully saturated rings. The highest BCUT2D eigenvalue weighted by molar-refractivity contribution is 6.31. The van der Waals surface area contributed by atoms with Gasteiger partial charge in [0.05, 0.1) is 0 Å². The van der Waals surface area contributed by atoms with Crippen molar-refractivity contribution in [2.75, 3.05) is 20.1 Å². The second-order valence-electron chi connectivity index (χ2n) is 5.51. The summed E-state index contributed by atoms with van der Waals surface area (Å²) in [6.45, 7) is 6.79. The molecule has 0 amide bonds. The Morgan fingerprint density at radius 3 is 2.41 bits per heavy atom. The van der Waals surface area contributed by atoms with E-state index < -0.39 is 0 Å². The summed E-state index contributed by atoms with van der Waals surface area (Å²) in [5, 5.41) is 0.964. The number of hydrogen-bond donors (Lipinski definition) is 0. The molecule has 0 bridgehead atoms. The molecule has 1 saturated heterocycles. The van der Waals surface area contributed by atoms with Gasteiger partial charge in [0.2, 0.25) is 0 Å². The van der Waals surface area contributed by atoms with Crippen LogP contribution in [-0.4, -0.2) is 25.0 Å². The van der Waals surface area contributed by atoms with Crippen LogP contribution in [0.15, 0.2) is 18.2 Å². The average molecular weight is 252 g/mol. The second-order valence-corrected chi connectivity index (χ2v) is 5.92. The summed E-state index contributed by atoms with van der Waals surface area (Å²) in [5.74, 6) is 1.21. The van der Waals surface area contributed by atoms with Gasteiger partial charge < -0.3 is 4.90 Å². The molecule has 0 aromatic heterocycles. The largest absolute Gasteiger partial charge is 0.306 e. The monoisotopic (exact) mass is 251 g/mol. The van der Waals surface area contributed by atoms with Crippen molar-refractivity contribution in [1.82, 2.24) is 4.90 Å². The van der Waals surface area contributed by atoms with E-state index in [2.05, 4.69) is 44.0 Å². The first kappa shape index (κ1) is 12.9. The third-order valence-corrected chi connectivity index (χ3v) is 4.18. The van der Waals surface area contributed by atoms with E-state index in [1.807, 2.05) is 0 Å². The van der Waals surface area contributed by atoms with Crippen molar-refractivity contribution in [2.45, 2.75) is 38.5 Å². The first-order valence-corrected chi connectivity index (χ1v) is 6.93. The summed E-state index contributed by atoms with van der Waals surface area (Å²) < 4.78 is 0. The molecule has 0 radical (unpaired) electrons. The first-order valence-electron chi connectivity index (χ1n) is 6.56. The number of piperidine rings is 1. The Morgan fingerprint density at radius 2 is 1.88 bits per heavy atom. The van der Waals surface area contributed by atoms with E-state index in [0.717, 1.165) is 5.02 Å². The summed E-state index contributed by atoms with van der Waals surface area (Å²) in [6.07, 6.45) is 2.47. The normalized spacial score (nSPS) is 18.9. The van der Waals surface area contributed by atoms with Crippen LogP contribution in [0.2, 0.25) is 5.02 Å². The molecule has 1 aliphatic rings. The number of rotatable bonds is 2. The molecule has 0 atom stereocenters. The predicted molar refractivity (Wildman–Crippen MR) is 75.0 cm³/mol. The van der Waals surface area contributed by atoms with Crippen LogP contribution < -0.4 is 0 Å². The number of halogens is 1. The van der Waals surface area contributed by atoms with Gasteiger partial charge in [0, 0.05) is 5.02 Å². The minimum Gasteiger partial charge on any atom is -0.306 e. The number of benzene rings is 1. The van der Waals surface area contributed by atoms with Crippen molar-refractivity contribution in [3.63, 3.8) is 0 Å². The summed E-state index contributed by atoms with van der Waals surface area (Å²) >= 11 is 6.43. The van der Waals surface area contributed by atoms with Crippen molar-refractivity contribution < 1.29 is 0 Å². The molecule has 0 saturated carbocycles. The van der Waals surface area contributed by atoms with Crippen LogP contribution in [0.4, 0.5) is 0 Å². The molecule has 1 heterocycles. The van der Waals surface area contributed by atoms with Crippen molar-refractivity contribution in [3.05, 3.63) is 34.3 Å². The van der Waals surface area contributed by atoms with Crippen LogP contribution >= 0.6 is 11.6 Å². The molecule has 17 heavy (non-hydrogen) atoms. The topological polar surface area (TPSA) is 3.24 Å². The Bertz CT molecular complexity index is 379. The van der Waals surface area contributed by atoms with E-state index in [4.69, 9.17) is 11.6 Å². The third kappa shape index (κ3) is 3.02. The average Bonchev–Trinajstić information content (AvgIpc) is 2.30. The minimum absolute atomic E-state index is 0.555.